The molecule has 0 aliphatic heterocycles. The third-order valence-electron chi connectivity index (χ3n) is 4.75. The second-order valence-corrected chi connectivity index (χ2v) is 6.26. The van der Waals surface area contributed by atoms with Gasteiger partial charge in [0.2, 0.25) is 0 Å². The molecule has 0 amide bonds. The SMILES string of the molecule is CCCCCCC(NCCC)C1CCC(CC)C1. The molecule has 1 aliphatic carbocycles. The fourth-order valence-electron chi connectivity index (χ4n) is 3.48. The van der Waals surface area contributed by atoms with Gasteiger partial charge in [0, 0.05) is 6.04 Å². The molecule has 1 nitrogen and oxygen atoms in total. The highest BCUT2D eigenvalue weighted by atomic mass is 14.9. The number of nitrogens with one attached hydrogen (secondary N) is 1. The molecule has 1 saturated carbocycles. The first kappa shape index (κ1) is 16.0. The van der Waals surface area contributed by atoms with Gasteiger partial charge in [-0.05, 0) is 44.1 Å². The van der Waals surface area contributed by atoms with Crippen LogP contribution in [0, 0.1) is 11.8 Å². The molecule has 1 aliphatic rings. The molecular weight excluding hydrogens is 218 g/mol. The third-order valence-corrected chi connectivity index (χ3v) is 4.75. The lowest BCUT2D eigenvalue weighted by molar-refractivity contribution is 0.321. The maximum absolute atomic E-state index is 3.83. The van der Waals surface area contributed by atoms with Gasteiger partial charge in [0.15, 0.2) is 0 Å². The van der Waals surface area contributed by atoms with Crippen LogP contribution >= 0.6 is 0 Å². The summed E-state index contributed by atoms with van der Waals surface area (Å²) in [7, 11) is 0. The summed E-state index contributed by atoms with van der Waals surface area (Å²) in [5.74, 6) is 2.00. The first-order chi connectivity index (χ1) is 8.81. The Morgan fingerprint density at radius 2 is 1.83 bits per heavy atom. The van der Waals surface area contributed by atoms with Crippen LogP contribution in [0.3, 0.4) is 0 Å². The standard InChI is InChI=1S/C17H35N/c1-4-7-8-9-10-17(18-13-5-2)16-12-11-15(6-3)14-16/h15-18H,4-14H2,1-3H3. The van der Waals surface area contributed by atoms with E-state index >= 15 is 0 Å². The van der Waals surface area contributed by atoms with Gasteiger partial charge in [-0.1, -0.05) is 59.3 Å². The van der Waals surface area contributed by atoms with Gasteiger partial charge in [0.05, 0.1) is 0 Å². The molecule has 1 fully saturated rings. The Hall–Kier alpha value is -0.0400. The molecule has 0 radical (unpaired) electrons. The Kier molecular flexibility index (Phi) is 8.75. The number of rotatable bonds is 10. The Balaban J connectivity index is 2.30. The van der Waals surface area contributed by atoms with Crippen molar-refractivity contribution in [1.82, 2.24) is 5.32 Å². The van der Waals surface area contributed by atoms with Crippen molar-refractivity contribution in [2.45, 2.75) is 91.0 Å². The molecule has 0 heterocycles. The Morgan fingerprint density at radius 1 is 1.00 bits per heavy atom. The highest BCUT2D eigenvalue weighted by Gasteiger charge is 2.29. The molecule has 1 rings (SSSR count). The van der Waals surface area contributed by atoms with Crippen molar-refractivity contribution >= 4 is 0 Å². The van der Waals surface area contributed by atoms with Crippen LogP contribution in [0.4, 0.5) is 0 Å². The zero-order valence-corrected chi connectivity index (χ0v) is 13.0. The molecule has 1 N–H and O–H groups in total. The van der Waals surface area contributed by atoms with Gasteiger partial charge in [0.1, 0.15) is 0 Å². The quantitative estimate of drug-likeness (QED) is 0.531. The lowest BCUT2D eigenvalue weighted by Crippen LogP contribution is -2.35. The predicted octanol–water partition coefficient (Wildman–Crippen LogP) is 5.15. The average Bonchev–Trinajstić information content (AvgIpc) is 2.86. The molecular formula is C17H35N. The van der Waals surface area contributed by atoms with Crippen LogP contribution in [0.2, 0.25) is 0 Å². The van der Waals surface area contributed by atoms with E-state index in [1.54, 1.807) is 0 Å². The van der Waals surface area contributed by atoms with Crippen LogP contribution in [-0.4, -0.2) is 12.6 Å². The van der Waals surface area contributed by atoms with Crippen LogP contribution in [0.25, 0.3) is 0 Å². The minimum absolute atomic E-state index is 0.818. The van der Waals surface area contributed by atoms with E-state index in [1.807, 2.05) is 0 Å². The van der Waals surface area contributed by atoms with Gasteiger partial charge in [-0.3, -0.25) is 0 Å². The molecule has 0 aromatic rings. The second kappa shape index (κ2) is 9.83. The molecule has 1 heteroatoms. The van der Waals surface area contributed by atoms with Crippen molar-refractivity contribution in [2.24, 2.45) is 11.8 Å². The monoisotopic (exact) mass is 253 g/mol. The van der Waals surface area contributed by atoms with Crippen LogP contribution in [0.15, 0.2) is 0 Å². The van der Waals surface area contributed by atoms with E-state index in [2.05, 4.69) is 26.1 Å². The molecule has 0 saturated heterocycles. The van der Waals surface area contributed by atoms with E-state index in [4.69, 9.17) is 0 Å². The van der Waals surface area contributed by atoms with Crippen LogP contribution in [0.1, 0.15) is 85.0 Å². The van der Waals surface area contributed by atoms with Crippen LogP contribution in [-0.2, 0) is 0 Å². The van der Waals surface area contributed by atoms with E-state index in [-0.39, 0.29) is 0 Å². The summed E-state index contributed by atoms with van der Waals surface area (Å²) in [4.78, 5) is 0. The van der Waals surface area contributed by atoms with E-state index in [1.165, 1.54) is 70.8 Å². The topological polar surface area (TPSA) is 12.0 Å². The van der Waals surface area contributed by atoms with E-state index in [0.717, 1.165) is 17.9 Å². The molecule has 108 valence electrons. The lowest BCUT2D eigenvalue weighted by atomic mass is 9.91. The van der Waals surface area contributed by atoms with Gasteiger partial charge >= 0.3 is 0 Å². The smallest absolute Gasteiger partial charge is 0.00954 e. The maximum Gasteiger partial charge on any atom is 0.00954 e. The zero-order chi connectivity index (χ0) is 13.2. The van der Waals surface area contributed by atoms with E-state index in [0.29, 0.717) is 0 Å². The van der Waals surface area contributed by atoms with Crippen molar-refractivity contribution in [3.8, 4) is 0 Å². The predicted molar refractivity (Wildman–Crippen MR) is 82.0 cm³/mol. The fraction of sp³-hybridized carbons (Fsp3) is 1.00. The minimum Gasteiger partial charge on any atom is -0.314 e. The largest absolute Gasteiger partial charge is 0.314 e. The summed E-state index contributed by atoms with van der Waals surface area (Å²) >= 11 is 0. The number of hydrogen-bond donors (Lipinski definition) is 1. The molecule has 18 heavy (non-hydrogen) atoms. The Labute approximate surface area is 115 Å². The normalized spacial score (nSPS) is 25.5. The summed E-state index contributed by atoms with van der Waals surface area (Å²) < 4.78 is 0. The fourth-order valence-corrected chi connectivity index (χ4v) is 3.48. The summed E-state index contributed by atoms with van der Waals surface area (Å²) in [5.41, 5.74) is 0. The van der Waals surface area contributed by atoms with Gasteiger partial charge in [-0.15, -0.1) is 0 Å². The molecule has 0 aromatic carbocycles. The van der Waals surface area contributed by atoms with Gasteiger partial charge in [0.25, 0.3) is 0 Å². The Bertz CT molecular complexity index is 190. The minimum atomic E-state index is 0.818. The van der Waals surface area contributed by atoms with Crippen LogP contribution < -0.4 is 5.32 Å². The lowest BCUT2D eigenvalue weighted by Gasteiger charge is -2.25. The van der Waals surface area contributed by atoms with Crippen molar-refractivity contribution < 1.29 is 0 Å². The van der Waals surface area contributed by atoms with Crippen molar-refractivity contribution in [3.63, 3.8) is 0 Å². The number of hydrogen-bond acceptors (Lipinski definition) is 1. The first-order valence-corrected chi connectivity index (χ1v) is 8.55. The van der Waals surface area contributed by atoms with Crippen LogP contribution in [0.5, 0.6) is 0 Å². The second-order valence-electron chi connectivity index (χ2n) is 6.26. The maximum atomic E-state index is 3.83. The molecule has 3 unspecified atom stereocenters. The number of unbranched alkanes of at least 4 members (excludes halogenated alkanes) is 3. The summed E-state index contributed by atoms with van der Waals surface area (Å²) in [6, 6.07) is 0.818. The summed E-state index contributed by atoms with van der Waals surface area (Å²) in [6.45, 7) is 8.16. The van der Waals surface area contributed by atoms with Gasteiger partial charge in [-0.2, -0.15) is 0 Å². The average molecular weight is 253 g/mol. The highest BCUT2D eigenvalue weighted by molar-refractivity contribution is 4.84. The zero-order valence-electron chi connectivity index (χ0n) is 13.0. The van der Waals surface area contributed by atoms with Crippen molar-refractivity contribution in [2.75, 3.05) is 6.54 Å². The first-order valence-electron chi connectivity index (χ1n) is 8.55. The molecule has 3 atom stereocenters. The third kappa shape index (κ3) is 5.73. The molecule has 0 bridgehead atoms. The Morgan fingerprint density at radius 3 is 2.44 bits per heavy atom. The van der Waals surface area contributed by atoms with Crippen molar-refractivity contribution in [3.05, 3.63) is 0 Å². The summed E-state index contributed by atoms with van der Waals surface area (Å²) in [5, 5.41) is 3.83. The van der Waals surface area contributed by atoms with E-state index < -0.39 is 0 Å². The molecule has 0 spiro atoms. The summed E-state index contributed by atoms with van der Waals surface area (Å²) in [6.07, 6.45) is 14.2. The van der Waals surface area contributed by atoms with E-state index in [9.17, 15) is 0 Å². The van der Waals surface area contributed by atoms with Gasteiger partial charge < -0.3 is 5.32 Å². The molecule has 0 aromatic heterocycles. The highest BCUT2D eigenvalue weighted by Crippen LogP contribution is 2.36. The van der Waals surface area contributed by atoms with Gasteiger partial charge in [-0.25, -0.2) is 0 Å². The van der Waals surface area contributed by atoms with Crippen molar-refractivity contribution in [1.29, 1.82) is 0 Å².